The van der Waals surface area contributed by atoms with E-state index < -0.39 is 0 Å². The Kier molecular flexibility index (Phi) is 2.94. The van der Waals surface area contributed by atoms with Gasteiger partial charge < -0.3 is 10.8 Å². The van der Waals surface area contributed by atoms with E-state index in [9.17, 15) is 0 Å². The molecule has 0 heterocycles. The number of nitrogens with two attached hydrogens (primary N) is 1. The van der Waals surface area contributed by atoms with Gasteiger partial charge in [0.25, 0.3) is 0 Å². The van der Waals surface area contributed by atoms with Gasteiger partial charge in [0.2, 0.25) is 0 Å². The van der Waals surface area contributed by atoms with E-state index in [0.717, 1.165) is 11.0 Å². The van der Waals surface area contributed by atoms with Crippen LogP contribution in [0.15, 0.2) is 18.2 Å². The van der Waals surface area contributed by atoms with Gasteiger partial charge in [-0.1, -0.05) is 29.2 Å². The topological polar surface area (TPSA) is 46.2 Å². The summed E-state index contributed by atoms with van der Waals surface area (Å²) in [5.41, 5.74) is 7.11. The first-order chi connectivity index (χ1) is 5.27. The molecule has 58 valence electrons. The summed E-state index contributed by atoms with van der Waals surface area (Å²) in [5.74, 6) is 0. The summed E-state index contributed by atoms with van der Waals surface area (Å²) in [7, 11) is 0.0184. The van der Waals surface area contributed by atoms with Crippen LogP contribution in [0.2, 0.25) is 5.02 Å². The first-order valence-electron chi connectivity index (χ1n) is 3.36. The van der Waals surface area contributed by atoms with Crippen LogP contribution in [0.5, 0.6) is 0 Å². The molecule has 2 nitrogen and oxygen atoms in total. The fourth-order valence-corrected chi connectivity index (χ4v) is 1.14. The van der Waals surface area contributed by atoms with E-state index >= 15 is 0 Å². The standard InChI is InChI=1S/C7H9BClNO/c9-7-3-6(8-11)2-1-5(7)4-10/h1-3,8,11H,4,10H2. The van der Waals surface area contributed by atoms with Gasteiger partial charge in [-0.25, -0.2) is 0 Å². The Labute approximate surface area is 71.3 Å². The highest BCUT2D eigenvalue weighted by molar-refractivity contribution is 6.46. The lowest BCUT2D eigenvalue weighted by atomic mass is 9.88. The van der Waals surface area contributed by atoms with Crippen molar-refractivity contribution in [3.8, 4) is 0 Å². The molecule has 1 aromatic rings. The van der Waals surface area contributed by atoms with Gasteiger partial charge in [-0.05, 0) is 11.6 Å². The Hall–Kier alpha value is -0.505. The van der Waals surface area contributed by atoms with Crippen LogP contribution >= 0.6 is 11.6 Å². The molecule has 0 radical (unpaired) electrons. The molecular weight excluding hydrogens is 160 g/mol. The number of benzene rings is 1. The fraction of sp³-hybridized carbons (Fsp3) is 0.143. The predicted molar refractivity (Wildman–Crippen MR) is 48.3 cm³/mol. The number of halogens is 1. The Morgan fingerprint density at radius 1 is 1.55 bits per heavy atom. The molecule has 0 spiro atoms. The van der Waals surface area contributed by atoms with Crippen LogP contribution in [0.3, 0.4) is 0 Å². The van der Waals surface area contributed by atoms with Crippen molar-refractivity contribution in [1.82, 2.24) is 0 Å². The molecule has 0 aliphatic rings. The summed E-state index contributed by atoms with van der Waals surface area (Å²) in [6.45, 7) is 0.435. The Bertz CT molecular complexity index is 254. The molecule has 0 saturated heterocycles. The molecule has 0 aliphatic heterocycles. The lowest BCUT2D eigenvalue weighted by Crippen LogP contribution is -2.13. The average molecular weight is 169 g/mol. The predicted octanol–water partition coefficient (Wildman–Crippen LogP) is -0.232. The van der Waals surface area contributed by atoms with Gasteiger partial charge in [-0.15, -0.1) is 0 Å². The second kappa shape index (κ2) is 3.76. The average Bonchev–Trinajstić information content (AvgIpc) is 2.04. The number of hydrogen-bond acceptors (Lipinski definition) is 2. The molecule has 0 aliphatic carbocycles. The molecule has 0 saturated carbocycles. The van der Waals surface area contributed by atoms with E-state index in [1.165, 1.54) is 0 Å². The van der Waals surface area contributed by atoms with Gasteiger partial charge in [0.1, 0.15) is 0 Å². The third kappa shape index (κ3) is 1.96. The van der Waals surface area contributed by atoms with E-state index in [1.54, 1.807) is 6.07 Å². The van der Waals surface area contributed by atoms with Crippen molar-refractivity contribution in [3.63, 3.8) is 0 Å². The van der Waals surface area contributed by atoms with Gasteiger partial charge in [-0.2, -0.15) is 0 Å². The molecule has 0 unspecified atom stereocenters. The number of rotatable bonds is 2. The van der Waals surface area contributed by atoms with Gasteiger partial charge in [0, 0.05) is 11.6 Å². The third-order valence-electron chi connectivity index (χ3n) is 1.52. The summed E-state index contributed by atoms with van der Waals surface area (Å²) >= 11 is 5.82. The van der Waals surface area contributed by atoms with Crippen LogP contribution in [0.25, 0.3) is 0 Å². The van der Waals surface area contributed by atoms with Gasteiger partial charge >= 0.3 is 7.48 Å². The lowest BCUT2D eigenvalue weighted by Gasteiger charge is -2.01. The zero-order valence-electron chi connectivity index (χ0n) is 6.05. The molecule has 0 amide bonds. The van der Waals surface area contributed by atoms with E-state index in [0.29, 0.717) is 11.6 Å². The van der Waals surface area contributed by atoms with Crippen molar-refractivity contribution >= 4 is 24.5 Å². The van der Waals surface area contributed by atoms with Crippen LogP contribution in [0.4, 0.5) is 0 Å². The van der Waals surface area contributed by atoms with E-state index in [1.807, 2.05) is 12.1 Å². The van der Waals surface area contributed by atoms with Gasteiger partial charge in [-0.3, -0.25) is 0 Å². The van der Waals surface area contributed by atoms with Crippen molar-refractivity contribution in [1.29, 1.82) is 0 Å². The first kappa shape index (κ1) is 8.59. The van der Waals surface area contributed by atoms with Crippen LogP contribution in [-0.2, 0) is 6.54 Å². The highest BCUT2D eigenvalue weighted by Crippen LogP contribution is 2.12. The normalized spacial score (nSPS) is 9.73. The lowest BCUT2D eigenvalue weighted by molar-refractivity contribution is 0.615. The summed E-state index contributed by atoms with van der Waals surface area (Å²) < 4.78 is 0. The third-order valence-corrected chi connectivity index (χ3v) is 1.87. The van der Waals surface area contributed by atoms with Crippen molar-refractivity contribution < 1.29 is 5.02 Å². The molecular formula is C7H9BClNO. The quantitative estimate of drug-likeness (QED) is 0.601. The largest absolute Gasteiger partial charge is 0.449 e. The molecule has 4 heteroatoms. The zero-order valence-corrected chi connectivity index (χ0v) is 6.80. The number of hydrogen-bond donors (Lipinski definition) is 2. The van der Waals surface area contributed by atoms with Crippen LogP contribution in [-0.4, -0.2) is 12.5 Å². The molecule has 1 aromatic carbocycles. The second-order valence-electron chi connectivity index (χ2n) is 2.29. The van der Waals surface area contributed by atoms with E-state index in [4.69, 9.17) is 22.4 Å². The van der Waals surface area contributed by atoms with E-state index in [-0.39, 0.29) is 7.48 Å². The Morgan fingerprint density at radius 2 is 2.27 bits per heavy atom. The van der Waals surface area contributed by atoms with Crippen molar-refractivity contribution in [2.24, 2.45) is 5.73 Å². The fourth-order valence-electron chi connectivity index (χ4n) is 0.855. The SMILES string of the molecule is NCc1ccc(BO)cc1Cl. The Balaban J connectivity index is 2.99. The van der Waals surface area contributed by atoms with Crippen LogP contribution in [0, 0.1) is 0 Å². The first-order valence-corrected chi connectivity index (χ1v) is 3.74. The minimum absolute atomic E-state index is 0.0184. The molecule has 0 aromatic heterocycles. The maximum atomic E-state index is 8.74. The smallest absolute Gasteiger partial charge is 0.304 e. The monoisotopic (exact) mass is 169 g/mol. The molecule has 11 heavy (non-hydrogen) atoms. The highest BCUT2D eigenvalue weighted by atomic mass is 35.5. The van der Waals surface area contributed by atoms with Crippen molar-refractivity contribution in [2.75, 3.05) is 0 Å². The van der Waals surface area contributed by atoms with Crippen molar-refractivity contribution in [3.05, 3.63) is 28.8 Å². The zero-order chi connectivity index (χ0) is 8.27. The minimum Gasteiger partial charge on any atom is -0.449 e. The molecule has 0 fully saturated rings. The maximum Gasteiger partial charge on any atom is 0.304 e. The summed E-state index contributed by atoms with van der Waals surface area (Å²) in [4.78, 5) is 0. The van der Waals surface area contributed by atoms with Crippen molar-refractivity contribution in [2.45, 2.75) is 6.54 Å². The maximum absolute atomic E-state index is 8.74. The molecule has 1 rings (SSSR count). The molecule has 0 atom stereocenters. The second-order valence-corrected chi connectivity index (χ2v) is 2.70. The summed E-state index contributed by atoms with van der Waals surface area (Å²) in [6, 6.07) is 5.37. The summed E-state index contributed by atoms with van der Waals surface area (Å²) in [5, 5.41) is 9.36. The molecule has 3 N–H and O–H groups in total. The van der Waals surface area contributed by atoms with Crippen LogP contribution in [0.1, 0.15) is 5.56 Å². The van der Waals surface area contributed by atoms with E-state index in [2.05, 4.69) is 0 Å². The summed E-state index contributed by atoms with van der Waals surface area (Å²) in [6.07, 6.45) is 0. The van der Waals surface area contributed by atoms with Gasteiger partial charge in [0.05, 0.1) is 0 Å². The minimum atomic E-state index is 0.0184. The molecule has 0 bridgehead atoms. The van der Waals surface area contributed by atoms with Crippen LogP contribution < -0.4 is 11.2 Å². The van der Waals surface area contributed by atoms with Gasteiger partial charge in [0.15, 0.2) is 0 Å². The highest BCUT2D eigenvalue weighted by Gasteiger charge is 1.99. The Morgan fingerprint density at radius 3 is 2.73 bits per heavy atom.